The van der Waals surface area contributed by atoms with Gasteiger partial charge < -0.3 is 4.42 Å². The number of furan rings is 1. The highest BCUT2D eigenvalue weighted by atomic mass is 79.9. The molecule has 0 amide bonds. The second kappa shape index (κ2) is 11.6. The molecule has 252 valence electrons. The van der Waals surface area contributed by atoms with Crippen molar-refractivity contribution in [2.75, 3.05) is 0 Å². The summed E-state index contributed by atoms with van der Waals surface area (Å²) in [5.74, 6) is 0. The Kier molecular flexibility index (Phi) is 6.88. The van der Waals surface area contributed by atoms with Crippen LogP contribution in [-0.4, -0.2) is 4.83 Å². The van der Waals surface area contributed by atoms with Crippen LogP contribution < -0.4 is 0 Å². The van der Waals surface area contributed by atoms with E-state index in [0.29, 0.717) is 0 Å². The van der Waals surface area contributed by atoms with Gasteiger partial charge in [-0.05, 0) is 85.8 Å². The van der Waals surface area contributed by atoms with E-state index in [4.69, 9.17) is 4.42 Å². The van der Waals surface area contributed by atoms with Crippen LogP contribution in [0.3, 0.4) is 0 Å². The summed E-state index contributed by atoms with van der Waals surface area (Å²) in [6, 6.07) is 60.3. The van der Waals surface area contributed by atoms with Crippen LogP contribution in [0.4, 0.5) is 0 Å². The summed E-state index contributed by atoms with van der Waals surface area (Å²) >= 11 is 8.05. The Hall–Kier alpha value is -5.22. The van der Waals surface area contributed by atoms with Crippen LogP contribution in [0.25, 0.3) is 38.6 Å². The third-order valence-electron chi connectivity index (χ3n) is 11.9. The fraction of sp³-hybridized carbons (Fsp3) is 0.0800. The molecule has 0 fully saturated rings. The van der Waals surface area contributed by atoms with Crippen molar-refractivity contribution in [3.63, 3.8) is 0 Å². The predicted octanol–water partition coefficient (Wildman–Crippen LogP) is 13.5. The first-order valence-electron chi connectivity index (χ1n) is 18.3. The highest BCUT2D eigenvalue weighted by Crippen LogP contribution is 2.69. The van der Waals surface area contributed by atoms with Crippen LogP contribution in [0.15, 0.2) is 190 Å². The van der Waals surface area contributed by atoms with Crippen molar-refractivity contribution < 1.29 is 4.42 Å². The Balaban J connectivity index is 1.49. The van der Waals surface area contributed by atoms with Crippen molar-refractivity contribution >= 4 is 59.4 Å². The third-order valence-corrected chi connectivity index (χ3v) is 13.0. The van der Waals surface area contributed by atoms with E-state index in [-0.39, 0.29) is 4.83 Å². The number of rotatable bonds is 4. The average molecular weight is 809 g/mol. The van der Waals surface area contributed by atoms with Crippen molar-refractivity contribution in [1.29, 1.82) is 0 Å². The maximum Gasteiger partial charge on any atom is 0.144 e. The lowest BCUT2D eigenvalue weighted by molar-refractivity contribution is 0.665. The van der Waals surface area contributed by atoms with E-state index in [0.717, 1.165) is 27.4 Å². The summed E-state index contributed by atoms with van der Waals surface area (Å²) in [6.45, 7) is 0. The van der Waals surface area contributed by atoms with Crippen LogP contribution in [0, 0.1) is 0 Å². The van der Waals surface area contributed by atoms with E-state index >= 15 is 0 Å². The molecule has 0 aliphatic heterocycles. The molecule has 3 heteroatoms. The van der Waals surface area contributed by atoms with Crippen LogP contribution >= 0.6 is 31.9 Å². The number of halogens is 2. The predicted molar refractivity (Wildman–Crippen MR) is 225 cm³/mol. The van der Waals surface area contributed by atoms with Crippen molar-refractivity contribution in [1.82, 2.24) is 0 Å². The van der Waals surface area contributed by atoms with Crippen LogP contribution in [0.2, 0.25) is 0 Å². The minimum Gasteiger partial charge on any atom is -0.455 e. The van der Waals surface area contributed by atoms with Gasteiger partial charge >= 0.3 is 0 Å². The van der Waals surface area contributed by atoms with Crippen molar-refractivity contribution in [2.24, 2.45) is 0 Å². The Morgan fingerprint density at radius 1 is 0.566 bits per heavy atom. The van der Waals surface area contributed by atoms with Gasteiger partial charge in [0.2, 0.25) is 0 Å². The molecule has 3 aliphatic rings. The molecule has 11 rings (SSSR count). The Labute approximate surface area is 325 Å². The van der Waals surface area contributed by atoms with Gasteiger partial charge in [0.05, 0.1) is 10.8 Å². The average Bonchev–Trinajstić information content (AvgIpc) is 3.84. The molecule has 3 aliphatic carbocycles. The van der Waals surface area contributed by atoms with E-state index in [1.165, 1.54) is 72.2 Å². The first-order chi connectivity index (χ1) is 26.1. The molecule has 0 saturated heterocycles. The minimum absolute atomic E-state index is 0.202. The zero-order valence-corrected chi connectivity index (χ0v) is 31.9. The molecule has 0 N–H and O–H groups in total. The Morgan fingerprint density at radius 2 is 1.09 bits per heavy atom. The normalized spacial score (nSPS) is 17.5. The fourth-order valence-corrected chi connectivity index (χ4v) is 10.9. The van der Waals surface area contributed by atoms with E-state index in [1.807, 2.05) is 0 Å². The largest absolute Gasteiger partial charge is 0.455 e. The molecule has 7 aromatic carbocycles. The van der Waals surface area contributed by atoms with Gasteiger partial charge in [0, 0.05) is 25.6 Å². The number of hydrogen-bond acceptors (Lipinski definition) is 1. The molecule has 0 saturated carbocycles. The summed E-state index contributed by atoms with van der Waals surface area (Å²) in [6.07, 6.45) is 5.89. The molecule has 0 spiro atoms. The second-order valence-electron chi connectivity index (χ2n) is 14.4. The van der Waals surface area contributed by atoms with Gasteiger partial charge in [-0.25, -0.2) is 0 Å². The highest BCUT2D eigenvalue weighted by molar-refractivity contribution is 9.10. The number of para-hydroxylation sites is 1. The molecular formula is C50H32Br2O. The summed E-state index contributed by atoms with van der Waals surface area (Å²) in [5, 5.41) is 2.34. The smallest absolute Gasteiger partial charge is 0.144 e. The first-order valence-corrected chi connectivity index (χ1v) is 20.0. The molecule has 8 aromatic rings. The minimum atomic E-state index is -0.675. The summed E-state index contributed by atoms with van der Waals surface area (Å²) in [4.78, 5) is 0.202. The number of allylic oxidation sites excluding steroid dienone is 4. The summed E-state index contributed by atoms with van der Waals surface area (Å²) < 4.78 is 8.24. The van der Waals surface area contributed by atoms with Gasteiger partial charge in [-0.3, -0.25) is 0 Å². The molecule has 1 heterocycles. The lowest BCUT2D eigenvalue weighted by Gasteiger charge is -2.41. The maximum absolute atomic E-state index is 7.19. The number of alkyl halides is 1. The maximum atomic E-state index is 7.19. The van der Waals surface area contributed by atoms with Gasteiger partial charge in [0.1, 0.15) is 11.2 Å². The van der Waals surface area contributed by atoms with Gasteiger partial charge in [-0.2, -0.15) is 0 Å². The molecular weight excluding hydrogens is 776 g/mol. The van der Waals surface area contributed by atoms with E-state index in [1.54, 1.807) is 0 Å². The van der Waals surface area contributed by atoms with Crippen LogP contribution in [-0.2, 0) is 10.8 Å². The molecule has 1 atom stereocenters. The lowest BCUT2D eigenvalue weighted by atomic mass is 9.60. The molecule has 0 radical (unpaired) electrons. The number of benzene rings is 7. The summed E-state index contributed by atoms with van der Waals surface area (Å²) in [5.41, 5.74) is 15.7. The topological polar surface area (TPSA) is 13.1 Å². The van der Waals surface area contributed by atoms with E-state index < -0.39 is 10.8 Å². The molecule has 53 heavy (non-hydrogen) atoms. The molecule has 1 nitrogen and oxygen atoms in total. The van der Waals surface area contributed by atoms with Crippen molar-refractivity contribution in [3.05, 3.63) is 230 Å². The van der Waals surface area contributed by atoms with Crippen molar-refractivity contribution in [2.45, 2.75) is 22.1 Å². The number of hydrogen-bond donors (Lipinski definition) is 0. The first kappa shape index (κ1) is 31.3. The lowest BCUT2D eigenvalue weighted by Crippen LogP contribution is -2.36. The quantitative estimate of drug-likeness (QED) is 0.161. The van der Waals surface area contributed by atoms with E-state index in [9.17, 15) is 0 Å². The fourth-order valence-electron chi connectivity index (χ4n) is 10.1. The second-order valence-corrected chi connectivity index (χ2v) is 16.5. The van der Waals surface area contributed by atoms with Gasteiger partial charge in [-0.1, -0.05) is 190 Å². The standard InChI is InChI=1S/C50H32Br2O/c51-35-25-27-37-40(29-35)49(31-15-5-1-6-16-31,32-17-7-2-8-18-32)46-43(37)44-39-23-13-14-24-42(39)53-48(44)45-38-28-26-36(52)30-41(38)50(47(45)46,33-19-9-3-10-20-33)34-21-11-4-12-22-34/h1-24,26-30,35H,25H2. The Bertz CT molecular complexity index is 2730. The molecule has 0 bridgehead atoms. The van der Waals surface area contributed by atoms with Crippen LogP contribution in [0.5, 0.6) is 0 Å². The zero-order valence-electron chi connectivity index (χ0n) is 28.7. The molecule has 1 aromatic heterocycles. The monoisotopic (exact) mass is 806 g/mol. The van der Waals surface area contributed by atoms with Crippen LogP contribution in [0.1, 0.15) is 50.9 Å². The van der Waals surface area contributed by atoms with Gasteiger partial charge in [-0.15, -0.1) is 0 Å². The van der Waals surface area contributed by atoms with Crippen molar-refractivity contribution in [3.8, 4) is 11.1 Å². The SMILES string of the molecule is Brc1ccc2c(c1)C(c1ccccc1)(c1ccccc1)c1c3c(c4c(oc5ccccc54)c1-2)C1=CCC(Br)C=C1C3(c1ccccc1)c1ccccc1. The molecule has 1 unspecified atom stereocenters. The highest BCUT2D eigenvalue weighted by Gasteiger charge is 2.58. The van der Waals surface area contributed by atoms with Gasteiger partial charge in [0.15, 0.2) is 0 Å². The number of fused-ring (bicyclic) bond motifs is 12. The van der Waals surface area contributed by atoms with E-state index in [2.05, 4.69) is 208 Å². The Morgan fingerprint density at radius 3 is 1.70 bits per heavy atom. The zero-order chi connectivity index (χ0) is 35.3. The third kappa shape index (κ3) is 4.07. The van der Waals surface area contributed by atoms with Gasteiger partial charge in [0.25, 0.3) is 0 Å². The summed E-state index contributed by atoms with van der Waals surface area (Å²) in [7, 11) is 0.